The summed E-state index contributed by atoms with van der Waals surface area (Å²) in [5.74, 6) is 0. The van der Waals surface area contributed by atoms with Crippen LogP contribution in [0.5, 0.6) is 0 Å². The average Bonchev–Trinajstić information content (AvgIpc) is 3.06. The molecule has 1 aromatic heterocycles. The fraction of sp³-hybridized carbons (Fsp3) is 0.571. The monoisotopic (exact) mass is 343 g/mol. The number of nitrogens with one attached hydrogen (secondary N) is 1. The summed E-state index contributed by atoms with van der Waals surface area (Å²) >= 11 is 0. The minimum absolute atomic E-state index is 0.0196. The van der Waals surface area contributed by atoms with Gasteiger partial charge in [-0.2, -0.15) is 5.10 Å². The maximum Gasteiger partial charge on any atom is 0.0695 e. The van der Waals surface area contributed by atoms with Crippen LogP contribution in [0.1, 0.15) is 51.7 Å². The van der Waals surface area contributed by atoms with E-state index in [0.29, 0.717) is 0 Å². The highest BCUT2D eigenvalue weighted by molar-refractivity contribution is 5.63. The van der Waals surface area contributed by atoms with Gasteiger partial charge in [-0.15, -0.1) is 0 Å². The van der Waals surface area contributed by atoms with Gasteiger partial charge in [-0.05, 0) is 38.1 Å². The Hall–Kier alpha value is -1.65. The van der Waals surface area contributed by atoms with Gasteiger partial charge in [-0.1, -0.05) is 51.5 Å². The van der Waals surface area contributed by atoms with Crippen molar-refractivity contribution in [2.75, 3.05) is 26.8 Å². The molecular formula is C21H33N3O. The highest BCUT2D eigenvalue weighted by Crippen LogP contribution is 2.28. The van der Waals surface area contributed by atoms with Crippen molar-refractivity contribution in [3.05, 3.63) is 41.6 Å². The van der Waals surface area contributed by atoms with Crippen LogP contribution < -0.4 is 0 Å². The van der Waals surface area contributed by atoms with Crippen molar-refractivity contribution in [2.45, 2.75) is 52.5 Å². The predicted octanol–water partition coefficient (Wildman–Crippen LogP) is 4.62. The second kappa shape index (κ2) is 9.16. The van der Waals surface area contributed by atoms with Crippen LogP contribution in [0.25, 0.3) is 11.3 Å². The highest BCUT2D eigenvalue weighted by atomic mass is 16.5. The average molecular weight is 344 g/mol. The molecule has 1 aromatic carbocycles. The Balaban J connectivity index is 2.11. The van der Waals surface area contributed by atoms with E-state index < -0.39 is 0 Å². The molecule has 0 atom stereocenters. The molecule has 0 spiro atoms. The zero-order chi connectivity index (χ0) is 18.3. The number of hydrogen-bond acceptors (Lipinski definition) is 3. The second-order valence-corrected chi connectivity index (χ2v) is 7.46. The fourth-order valence-corrected chi connectivity index (χ4v) is 3.01. The van der Waals surface area contributed by atoms with E-state index in [-0.39, 0.29) is 5.41 Å². The van der Waals surface area contributed by atoms with Gasteiger partial charge in [-0.3, -0.25) is 5.10 Å². The third kappa shape index (κ3) is 5.41. The van der Waals surface area contributed by atoms with Gasteiger partial charge in [0.2, 0.25) is 0 Å². The Kier molecular flexibility index (Phi) is 7.21. The molecule has 0 saturated heterocycles. The molecule has 25 heavy (non-hydrogen) atoms. The van der Waals surface area contributed by atoms with E-state index in [1.807, 2.05) is 13.1 Å². The van der Waals surface area contributed by atoms with Gasteiger partial charge < -0.3 is 9.64 Å². The molecule has 2 rings (SSSR count). The van der Waals surface area contributed by atoms with Crippen LogP contribution in [0, 0.1) is 0 Å². The van der Waals surface area contributed by atoms with Gasteiger partial charge in [0, 0.05) is 24.1 Å². The van der Waals surface area contributed by atoms with E-state index in [9.17, 15) is 0 Å². The maximum atomic E-state index is 5.63. The van der Waals surface area contributed by atoms with Gasteiger partial charge in [0.05, 0.1) is 18.5 Å². The lowest BCUT2D eigenvalue weighted by Gasteiger charge is -2.25. The number of H-pyrrole nitrogens is 1. The molecule has 1 heterocycles. The number of ether oxygens (including phenoxy) is 1. The molecule has 0 aliphatic rings. The molecule has 4 heteroatoms. The minimum atomic E-state index is 0.0196. The van der Waals surface area contributed by atoms with E-state index in [1.54, 1.807) is 0 Å². The quantitative estimate of drug-likeness (QED) is 0.684. The smallest absolute Gasteiger partial charge is 0.0695 e. The van der Waals surface area contributed by atoms with E-state index >= 15 is 0 Å². The van der Waals surface area contributed by atoms with Gasteiger partial charge in [0.1, 0.15) is 0 Å². The molecule has 0 radical (unpaired) electrons. The Morgan fingerprint density at radius 3 is 2.52 bits per heavy atom. The molecular weight excluding hydrogens is 310 g/mol. The van der Waals surface area contributed by atoms with E-state index in [1.165, 1.54) is 29.5 Å². The predicted molar refractivity (Wildman–Crippen MR) is 105 cm³/mol. The van der Waals surface area contributed by atoms with Crippen molar-refractivity contribution in [1.29, 1.82) is 0 Å². The second-order valence-electron chi connectivity index (χ2n) is 7.46. The number of rotatable bonds is 10. The largest absolute Gasteiger partial charge is 0.381 e. The first-order chi connectivity index (χ1) is 12.0. The number of aromatic nitrogens is 2. The Bertz CT molecular complexity index is 631. The van der Waals surface area contributed by atoms with Crippen molar-refractivity contribution in [1.82, 2.24) is 15.1 Å². The summed E-state index contributed by atoms with van der Waals surface area (Å²) < 4.78 is 5.63. The molecule has 0 unspecified atom stereocenters. The van der Waals surface area contributed by atoms with Crippen LogP contribution in [-0.4, -0.2) is 41.9 Å². The summed E-state index contributed by atoms with van der Waals surface area (Å²) in [5, 5.41) is 7.45. The van der Waals surface area contributed by atoms with Crippen LogP contribution in [0.15, 0.2) is 30.5 Å². The third-order valence-corrected chi connectivity index (χ3v) is 4.67. The number of benzene rings is 1. The molecule has 2 aromatic rings. The summed E-state index contributed by atoms with van der Waals surface area (Å²) in [4.78, 5) is 2.36. The lowest BCUT2D eigenvalue weighted by Crippen LogP contribution is -2.24. The normalized spacial score (nSPS) is 12.1. The lowest BCUT2D eigenvalue weighted by molar-refractivity contribution is 0.105. The van der Waals surface area contributed by atoms with Crippen molar-refractivity contribution in [3.8, 4) is 11.3 Å². The Morgan fingerprint density at radius 2 is 1.88 bits per heavy atom. The topological polar surface area (TPSA) is 41.2 Å². The van der Waals surface area contributed by atoms with Crippen molar-refractivity contribution in [3.63, 3.8) is 0 Å². The van der Waals surface area contributed by atoms with Gasteiger partial charge >= 0.3 is 0 Å². The lowest BCUT2D eigenvalue weighted by atomic mass is 9.85. The van der Waals surface area contributed by atoms with E-state index in [4.69, 9.17) is 4.74 Å². The molecule has 0 aliphatic heterocycles. The minimum Gasteiger partial charge on any atom is -0.381 e. The number of aromatic amines is 1. The van der Waals surface area contributed by atoms with Crippen LogP contribution in [0.2, 0.25) is 0 Å². The summed E-state index contributed by atoms with van der Waals surface area (Å²) in [6.45, 7) is 12.2. The van der Waals surface area contributed by atoms with Crippen LogP contribution >= 0.6 is 0 Å². The SMILES string of the molecule is CCCCN(C)Cc1cn[nH]c1-c1ccc(C(C)(C)COCC)cc1. The van der Waals surface area contributed by atoms with Crippen LogP contribution in [-0.2, 0) is 16.7 Å². The number of nitrogens with zero attached hydrogens (tertiary/aromatic N) is 2. The van der Waals surface area contributed by atoms with E-state index in [2.05, 4.69) is 67.2 Å². The summed E-state index contributed by atoms with van der Waals surface area (Å²) in [6.07, 6.45) is 4.40. The molecule has 138 valence electrons. The Morgan fingerprint density at radius 1 is 1.16 bits per heavy atom. The standard InChI is InChI=1S/C21H33N3O/c1-6-8-13-24(5)15-18-14-22-23-20(18)17-9-11-19(12-10-17)21(3,4)16-25-7-2/h9-12,14H,6-8,13,15-16H2,1-5H3,(H,22,23). The number of hydrogen-bond donors (Lipinski definition) is 1. The molecule has 0 aliphatic carbocycles. The third-order valence-electron chi connectivity index (χ3n) is 4.67. The summed E-state index contributed by atoms with van der Waals surface area (Å²) in [5.41, 5.74) is 4.88. The van der Waals surface area contributed by atoms with Crippen LogP contribution in [0.3, 0.4) is 0 Å². The van der Waals surface area contributed by atoms with Crippen LogP contribution in [0.4, 0.5) is 0 Å². The van der Waals surface area contributed by atoms with Crippen molar-refractivity contribution in [2.24, 2.45) is 0 Å². The summed E-state index contributed by atoms with van der Waals surface area (Å²) in [6, 6.07) is 8.79. The molecule has 0 bridgehead atoms. The summed E-state index contributed by atoms with van der Waals surface area (Å²) in [7, 11) is 2.17. The fourth-order valence-electron chi connectivity index (χ4n) is 3.01. The number of unbranched alkanes of at least 4 members (excludes halogenated alkanes) is 1. The molecule has 0 amide bonds. The Labute approximate surface area is 152 Å². The highest BCUT2D eigenvalue weighted by Gasteiger charge is 2.21. The first-order valence-corrected chi connectivity index (χ1v) is 9.37. The zero-order valence-electron chi connectivity index (χ0n) is 16.4. The van der Waals surface area contributed by atoms with E-state index in [0.717, 1.165) is 32.0 Å². The van der Waals surface area contributed by atoms with Gasteiger partial charge in [0.25, 0.3) is 0 Å². The first-order valence-electron chi connectivity index (χ1n) is 9.37. The molecule has 4 nitrogen and oxygen atoms in total. The van der Waals surface area contributed by atoms with Gasteiger partial charge in [-0.25, -0.2) is 0 Å². The molecule has 0 fully saturated rings. The van der Waals surface area contributed by atoms with Crippen molar-refractivity contribution >= 4 is 0 Å². The van der Waals surface area contributed by atoms with Gasteiger partial charge in [0.15, 0.2) is 0 Å². The molecule has 1 N–H and O–H groups in total. The van der Waals surface area contributed by atoms with Crippen molar-refractivity contribution < 1.29 is 4.74 Å². The maximum absolute atomic E-state index is 5.63. The molecule has 0 saturated carbocycles. The zero-order valence-corrected chi connectivity index (χ0v) is 16.4. The first kappa shape index (κ1) is 19.7.